The minimum atomic E-state index is -0.814. The molecule has 21 heavy (non-hydrogen) atoms. The van der Waals surface area contributed by atoms with Crippen LogP contribution < -0.4 is 0 Å². The Morgan fingerprint density at radius 2 is 2.19 bits per heavy atom. The van der Waals surface area contributed by atoms with Crippen LogP contribution in [0.3, 0.4) is 0 Å². The van der Waals surface area contributed by atoms with Crippen LogP contribution in [0.25, 0.3) is 10.9 Å². The number of benzene rings is 1. The van der Waals surface area contributed by atoms with Crippen molar-refractivity contribution in [2.45, 2.75) is 19.1 Å². The van der Waals surface area contributed by atoms with Crippen molar-refractivity contribution in [3.05, 3.63) is 42.1 Å². The van der Waals surface area contributed by atoms with Crippen LogP contribution in [0.1, 0.15) is 12.1 Å². The van der Waals surface area contributed by atoms with E-state index in [-0.39, 0.29) is 12.5 Å². The zero-order chi connectivity index (χ0) is 14.7. The van der Waals surface area contributed by atoms with Crippen molar-refractivity contribution < 1.29 is 14.6 Å². The molecule has 1 aromatic carbocycles. The van der Waals surface area contributed by atoms with Crippen LogP contribution >= 0.6 is 0 Å². The number of rotatable bonds is 4. The smallest absolute Gasteiger partial charge is 0.306 e. The first-order valence-electron chi connectivity index (χ1n) is 7.11. The molecule has 2 aromatic rings. The van der Waals surface area contributed by atoms with Crippen LogP contribution in [0.5, 0.6) is 0 Å². The largest absolute Gasteiger partial charge is 0.481 e. The summed E-state index contributed by atoms with van der Waals surface area (Å²) >= 11 is 0. The quantitative estimate of drug-likeness (QED) is 0.930. The van der Waals surface area contributed by atoms with E-state index in [1.54, 1.807) is 0 Å². The molecule has 1 aromatic heterocycles. The Balaban J connectivity index is 1.68. The van der Waals surface area contributed by atoms with Gasteiger partial charge in [0.1, 0.15) is 0 Å². The third kappa shape index (κ3) is 3.56. The number of para-hydroxylation sites is 1. The van der Waals surface area contributed by atoms with E-state index < -0.39 is 5.97 Å². The molecule has 1 unspecified atom stereocenters. The number of hydrogen-bond donors (Lipinski definition) is 1. The Bertz CT molecular complexity index is 644. The van der Waals surface area contributed by atoms with E-state index in [1.807, 2.05) is 30.3 Å². The van der Waals surface area contributed by atoms with Crippen molar-refractivity contribution in [1.29, 1.82) is 0 Å². The number of carboxylic acids is 1. The lowest BCUT2D eigenvalue weighted by molar-refractivity contribution is -0.142. The molecule has 0 aliphatic carbocycles. The molecule has 0 bridgehead atoms. The predicted molar refractivity (Wildman–Crippen MR) is 79.0 cm³/mol. The second-order valence-electron chi connectivity index (χ2n) is 5.32. The van der Waals surface area contributed by atoms with Gasteiger partial charge in [0.05, 0.1) is 30.3 Å². The SMILES string of the molecule is O=C(O)CC1CN(Cc2ccc3ccccc3n2)CCO1. The van der Waals surface area contributed by atoms with Gasteiger partial charge in [0.25, 0.3) is 0 Å². The summed E-state index contributed by atoms with van der Waals surface area (Å²) in [5.74, 6) is -0.814. The number of fused-ring (bicyclic) bond motifs is 1. The number of aromatic nitrogens is 1. The van der Waals surface area contributed by atoms with Crippen molar-refractivity contribution in [2.24, 2.45) is 0 Å². The highest BCUT2D eigenvalue weighted by molar-refractivity contribution is 5.78. The molecule has 3 rings (SSSR count). The molecule has 0 saturated carbocycles. The molecule has 1 fully saturated rings. The lowest BCUT2D eigenvalue weighted by Gasteiger charge is -2.32. The summed E-state index contributed by atoms with van der Waals surface area (Å²) in [5.41, 5.74) is 2.00. The molecular formula is C16H18N2O3. The van der Waals surface area contributed by atoms with Crippen LogP contribution in [-0.2, 0) is 16.1 Å². The third-order valence-corrected chi connectivity index (χ3v) is 3.67. The van der Waals surface area contributed by atoms with Crippen LogP contribution in [0, 0.1) is 0 Å². The number of aliphatic carboxylic acids is 1. The standard InChI is InChI=1S/C16H18N2O3/c19-16(20)9-14-11-18(7-8-21-14)10-13-6-5-12-3-1-2-4-15(12)17-13/h1-6,14H,7-11H2,(H,19,20). The van der Waals surface area contributed by atoms with Gasteiger partial charge in [-0.15, -0.1) is 0 Å². The Kier molecular flexibility index (Phi) is 4.13. The van der Waals surface area contributed by atoms with Crippen LogP contribution in [-0.4, -0.2) is 46.8 Å². The summed E-state index contributed by atoms with van der Waals surface area (Å²) in [6, 6.07) is 12.1. The molecule has 0 amide bonds. The number of carbonyl (C=O) groups is 1. The van der Waals surface area contributed by atoms with Crippen molar-refractivity contribution in [1.82, 2.24) is 9.88 Å². The van der Waals surface area contributed by atoms with E-state index in [2.05, 4.69) is 16.0 Å². The van der Waals surface area contributed by atoms with Crippen LogP contribution in [0.15, 0.2) is 36.4 Å². The summed E-state index contributed by atoms with van der Waals surface area (Å²) in [6.45, 7) is 2.75. The minimum Gasteiger partial charge on any atom is -0.481 e. The third-order valence-electron chi connectivity index (χ3n) is 3.67. The minimum absolute atomic E-state index is 0.0572. The Hall–Kier alpha value is -1.98. The van der Waals surface area contributed by atoms with Crippen molar-refractivity contribution in [2.75, 3.05) is 19.7 Å². The Labute approximate surface area is 123 Å². The average Bonchev–Trinajstić information content (AvgIpc) is 2.47. The fraction of sp³-hybridized carbons (Fsp3) is 0.375. The predicted octanol–water partition coefficient (Wildman–Crippen LogP) is 1.91. The first-order valence-corrected chi connectivity index (χ1v) is 7.11. The van der Waals surface area contributed by atoms with E-state index in [0.717, 1.165) is 29.7 Å². The topological polar surface area (TPSA) is 62.7 Å². The molecule has 1 aliphatic heterocycles. The van der Waals surface area contributed by atoms with Gasteiger partial charge >= 0.3 is 5.97 Å². The molecule has 0 spiro atoms. The summed E-state index contributed by atoms with van der Waals surface area (Å²) in [5, 5.41) is 9.98. The van der Waals surface area contributed by atoms with Gasteiger partial charge in [-0.2, -0.15) is 0 Å². The number of hydrogen-bond acceptors (Lipinski definition) is 4. The number of carboxylic acid groups (broad SMARTS) is 1. The van der Waals surface area contributed by atoms with Gasteiger partial charge in [0, 0.05) is 25.0 Å². The normalized spacial score (nSPS) is 19.7. The van der Waals surface area contributed by atoms with Gasteiger partial charge in [0.2, 0.25) is 0 Å². The summed E-state index contributed by atoms with van der Waals surface area (Å²) in [6.07, 6.45) is -0.168. The highest BCUT2D eigenvalue weighted by atomic mass is 16.5. The van der Waals surface area contributed by atoms with Crippen molar-refractivity contribution >= 4 is 16.9 Å². The number of pyridine rings is 1. The number of morpholine rings is 1. The van der Waals surface area contributed by atoms with Crippen LogP contribution in [0.4, 0.5) is 0 Å². The average molecular weight is 286 g/mol. The lowest BCUT2D eigenvalue weighted by atomic mass is 10.1. The van der Waals surface area contributed by atoms with Gasteiger partial charge in [-0.1, -0.05) is 24.3 Å². The summed E-state index contributed by atoms with van der Waals surface area (Å²) < 4.78 is 5.48. The fourth-order valence-corrected chi connectivity index (χ4v) is 2.67. The Morgan fingerprint density at radius 1 is 1.33 bits per heavy atom. The van der Waals surface area contributed by atoms with Gasteiger partial charge < -0.3 is 9.84 Å². The monoisotopic (exact) mass is 286 g/mol. The van der Waals surface area contributed by atoms with Gasteiger partial charge in [-0.3, -0.25) is 14.7 Å². The maximum Gasteiger partial charge on any atom is 0.306 e. The number of nitrogens with zero attached hydrogens (tertiary/aromatic N) is 2. The zero-order valence-corrected chi connectivity index (χ0v) is 11.7. The lowest BCUT2D eigenvalue weighted by Crippen LogP contribution is -2.42. The van der Waals surface area contributed by atoms with E-state index in [4.69, 9.17) is 9.84 Å². The molecule has 110 valence electrons. The summed E-state index contributed by atoms with van der Waals surface area (Å²) in [4.78, 5) is 17.6. The van der Waals surface area contributed by atoms with E-state index in [1.165, 1.54) is 0 Å². The van der Waals surface area contributed by atoms with Gasteiger partial charge in [-0.25, -0.2) is 0 Å². The molecule has 1 N–H and O–H groups in total. The first kappa shape index (κ1) is 14.0. The Morgan fingerprint density at radius 3 is 3.05 bits per heavy atom. The molecule has 2 heterocycles. The highest BCUT2D eigenvalue weighted by Crippen LogP contribution is 2.15. The molecule has 0 radical (unpaired) electrons. The van der Waals surface area contributed by atoms with E-state index in [9.17, 15) is 4.79 Å². The molecule has 5 nitrogen and oxygen atoms in total. The van der Waals surface area contributed by atoms with Crippen molar-refractivity contribution in [3.8, 4) is 0 Å². The van der Waals surface area contributed by atoms with Crippen LogP contribution in [0.2, 0.25) is 0 Å². The van der Waals surface area contributed by atoms with E-state index in [0.29, 0.717) is 13.2 Å². The number of ether oxygens (including phenoxy) is 1. The zero-order valence-electron chi connectivity index (χ0n) is 11.7. The maximum atomic E-state index is 10.8. The highest BCUT2D eigenvalue weighted by Gasteiger charge is 2.22. The van der Waals surface area contributed by atoms with Crippen molar-refractivity contribution in [3.63, 3.8) is 0 Å². The van der Waals surface area contributed by atoms with Gasteiger partial charge in [-0.05, 0) is 12.1 Å². The summed E-state index contributed by atoms with van der Waals surface area (Å²) in [7, 11) is 0. The maximum absolute atomic E-state index is 10.8. The van der Waals surface area contributed by atoms with E-state index >= 15 is 0 Å². The fourth-order valence-electron chi connectivity index (χ4n) is 2.67. The molecule has 1 saturated heterocycles. The second kappa shape index (κ2) is 6.20. The first-order chi connectivity index (χ1) is 10.2. The molecule has 1 atom stereocenters. The molecule has 5 heteroatoms. The second-order valence-corrected chi connectivity index (χ2v) is 5.32. The molecule has 1 aliphatic rings. The molecular weight excluding hydrogens is 268 g/mol. The van der Waals surface area contributed by atoms with Gasteiger partial charge in [0.15, 0.2) is 0 Å².